The van der Waals surface area contributed by atoms with Crippen LogP contribution in [0.15, 0.2) is 41.0 Å². The molecule has 1 amide bonds. The molecule has 0 aliphatic carbocycles. The zero-order chi connectivity index (χ0) is 19.3. The molecule has 1 spiro atoms. The summed E-state index contributed by atoms with van der Waals surface area (Å²) >= 11 is 0. The molecule has 5 heteroatoms. The number of nitrogens with one attached hydrogen (secondary N) is 1. The number of carbonyl (C=O) groups is 1. The van der Waals surface area contributed by atoms with Crippen molar-refractivity contribution < 1.29 is 13.9 Å². The first-order valence-electron chi connectivity index (χ1n) is 10.3. The third-order valence-electron chi connectivity index (χ3n) is 7.16. The maximum Gasteiger partial charge on any atom is 0.251 e. The van der Waals surface area contributed by atoms with E-state index >= 15 is 0 Å². The quantitative estimate of drug-likeness (QED) is 0.865. The van der Waals surface area contributed by atoms with E-state index in [1.54, 1.807) is 6.26 Å². The summed E-state index contributed by atoms with van der Waals surface area (Å²) in [7, 11) is 0. The molecule has 5 nitrogen and oxygen atoms in total. The molecular formula is C23H28N2O3. The van der Waals surface area contributed by atoms with E-state index in [4.69, 9.17) is 9.15 Å². The molecule has 28 heavy (non-hydrogen) atoms. The van der Waals surface area contributed by atoms with Crippen molar-refractivity contribution in [3.8, 4) is 0 Å². The molecule has 148 valence electrons. The molecule has 1 N–H and O–H groups in total. The lowest BCUT2D eigenvalue weighted by molar-refractivity contribution is 0.00168. The fraction of sp³-hybridized carbons (Fsp3) is 0.522. The predicted octanol–water partition coefficient (Wildman–Crippen LogP) is 3.31. The van der Waals surface area contributed by atoms with Crippen LogP contribution in [0.5, 0.6) is 0 Å². The number of hydrogen-bond donors (Lipinski definition) is 1. The molecule has 2 bridgehead atoms. The van der Waals surface area contributed by atoms with Crippen LogP contribution in [0.2, 0.25) is 0 Å². The van der Waals surface area contributed by atoms with Gasteiger partial charge in [0.25, 0.3) is 5.91 Å². The lowest BCUT2D eigenvalue weighted by Crippen LogP contribution is -2.42. The molecule has 1 aromatic heterocycles. The smallest absolute Gasteiger partial charge is 0.251 e. The average Bonchev–Trinajstić information content (AvgIpc) is 3.43. The molecule has 3 aliphatic heterocycles. The minimum absolute atomic E-state index is 0.0219. The van der Waals surface area contributed by atoms with Gasteiger partial charge in [0.2, 0.25) is 0 Å². The van der Waals surface area contributed by atoms with E-state index in [9.17, 15) is 4.79 Å². The summed E-state index contributed by atoms with van der Waals surface area (Å²) in [5.41, 5.74) is 2.97. The number of rotatable bonds is 5. The van der Waals surface area contributed by atoms with Gasteiger partial charge >= 0.3 is 0 Å². The number of furan rings is 1. The van der Waals surface area contributed by atoms with Crippen molar-refractivity contribution in [2.45, 2.75) is 44.9 Å². The van der Waals surface area contributed by atoms with Gasteiger partial charge in [0.05, 0.1) is 24.5 Å². The largest absolute Gasteiger partial charge is 0.468 e. The normalized spacial score (nSPS) is 31.3. The maximum absolute atomic E-state index is 12.8. The van der Waals surface area contributed by atoms with Crippen molar-refractivity contribution in [3.05, 3.63) is 59.0 Å². The van der Waals surface area contributed by atoms with Gasteiger partial charge in [0.1, 0.15) is 5.76 Å². The average molecular weight is 380 g/mol. The van der Waals surface area contributed by atoms with Crippen molar-refractivity contribution in [2.75, 3.05) is 19.6 Å². The maximum atomic E-state index is 12.8. The van der Waals surface area contributed by atoms with Gasteiger partial charge in [-0.25, -0.2) is 0 Å². The summed E-state index contributed by atoms with van der Waals surface area (Å²) in [6, 6.07) is 9.89. The predicted molar refractivity (Wildman–Crippen MR) is 106 cm³/mol. The van der Waals surface area contributed by atoms with Crippen LogP contribution in [-0.2, 0) is 11.3 Å². The van der Waals surface area contributed by atoms with Crippen molar-refractivity contribution in [1.29, 1.82) is 0 Å². The van der Waals surface area contributed by atoms with Gasteiger partial charge < -0.3 is 14.5 Å². The fourth-order valence-electron chi connectivity index (χ4n) is 5.61. The van der Waals surface area contributed by atoms with Crippen LogP contribution in [0.3, 0.4) is 0 Å². The Balaban J connectivity index is 1.26. The van der Waals surface area contributed by atoms with Crippen molar-refractivity contribution in [1.82, 2.24) is 10.2 Å². The van der Waals surface area contributed by atoms with E-state index in [1.807, 2.05) is 44.2 Å². The number of hydrogen-bond acceptors (Lipinski definition) is 4. The lowest BCUT2D eigenvalue weighted by atomic mass is 9.73. The standard InChI is InChI=1S/C23H28N2O3/c1-15-5-3-7-18(16(15)2)22(26)24-11-19-20-13-25(12-17-6-4-10-27-17)14-23(20)9-8-21(19)28-23/h3-7,10,19-21H,8-9,11-14H2,1-2H3,(H,24,26)/t19-,20+,21+,23+/m0/s1. The van der Waals surface area contributed by atoms with Crippen LogP contribution >= 0.6 is 0 Å². The molecule has 5 rings (SSSR count). The van der Waals surface area contributed by atoms with Crippen LogP contribution in [0.25, 0.3) is 0 Å². The second-order valence-electron chi connectivity index (χ2n) is 8.74. The Morgan fingerprint density at radius 1 is 1.29 bits per heavy atom. The summed E-state index contributed by atoms with van der Waals surface area (Å²) in [5.74, 6) is 1.92. The number of benzene rings is 1. The van der Waals surface area contributed by atoms with Crippen molar-refractivity contribution in [2.24, 2.45) is 11.8 Å². The summed E-state index contributed by atoms with van der Waals surface area (Å²) < 4.78 is 12.0. The second-order valence-corrected chi connectivity index (χ2v) is 8.74. The van der Waals surface area contributed by atoms with Crippen LogP contribution in [0.1, 0.15) is 40.1 Å². The Labute approximate surface area is 166 Å². The molecule has 0 radical (unpaired) electrons. The van der Waals surface area contributed by atoms with E-state index in [0.29, 0.717) is 18.4 Å². The van der Waals surface area contributed by atoms with E-state index in [-0.39, 0.29) is 17.6 Å². The highest BCUT2D eigenvalue weighted by molar-refractivity contribution is 5.95. The SMILES string of the molecule is Cc1cccc(C(=O)NC[C@H]2[C@H]3CN(Cc4ccco4)C[C@]34CC[C@H]2O4)c1C. The molecule has 3 fully saturated rings. The van der Waals surface area contributed by atoms with Crippen LogP contribution in [0.4, 0.5) is 0 Å². The van der Waals surface area contributed by atoms with Gasteiger partial charge in [-0.2, -0.15) is 0 Å². The van der Waals surface area contributed by atoms with Crippen molar-refractivity contribution >= 4 is 5.91 Å². The number of nitrogens with zero attached hydrogens (tertiary/aromatic N) is 1. The van der Waals surface area contributed by atoms with Gasteiger partial charge in [-0.3, -0.25) is 9.69 Å². The zero-order valence-electron chi connectivity index (χ0n) is 16.6. The van der Waals surface area contributed by atoms with E-state index in [1.165, 1.54) is 0 Å². The highest BCUT2D eigenvalue weighted by Crippen LogP contribution is 2.54. The first-order chi connectivity index (χ1) is 13.6. The van der Waals surface area contributed by atoms with E-state index in [2.05, 4.69) is 10.2 Å². The topological polar surface area (TPSA) is 54.7 Å². The number of amides is 1. The number of ether oxygens (including phenoxy) is 1. The van der Waals surface area contributed by atoms with Gasteiger partial charge in [-0.15, -0.1) is 0 Å². The second kappa shape index (κ2) is 6.75. The third kappa shape index (κ3) is 2.88. The summed E-state index contributed by atoms with van der Waals surface area (Å²) in [4.78, 5) is 15.2. The first-order valence-corrected chi connectivity index (χ1v) is 10.3. The van der Waals surface area contributed by atoms with Gasteiger partial charge in [-0.05, 0) is 56.0 Å². The molecule has 0 unspecified atom stereocenters. The molecule has 0 saturated carbocycles. The number of aryl methyl sites for hydroxylation is 1. The summed E-state index contributed by atoms with van der Waals surface area (Å²) in [6.07, 6.45) is 4.26. The number of likely N-dealkylation sites (tertiary alicyclic amines) is 1. The van der Waals surface area contributed by atoms with E-state index in [0.717, 1.165) is 54.9 Å². The monoisotopic (exact) mass is 380 g/mol. The Morgan fingerprint density at radius 3 is 3.00 bits per heavy atom. The lowest BCUT2D eigenvalue weighted by Gasteiger charge is -2.29. The van der Waals surface area contributed by atoms with Crippen molar-refractivity contribution in [3.63, 3.8) is 0 Å². The van der Waals surface area contributed by atoms with Gasteiger partial charge in [0, 0.05) is 37.0 Å². The molecule has 2 aromatic rings. The minimum Gasteiger partial charge on any atom is -0.468 e. The molecule has 3 aliphatic rings. The third-order valence-corrected chi connectivity index (χ3v) is 7.16. The Hall–Kier alpha value is -2.11. The molecule has 3 saturated heterocycles. The minimum atomic E-state index is -0.0219. The Kier molecular flexibility index (Phi) is 4.33. The number of carbonyl (C=O) groups excluding carboxylic acids is 1. The Morgan fingerprint density at radius 2 is 2.18 bits per heavy atom. The summed E-state index contributed by atoms with van der Waals surface area (Å²) in [5, 5.41) is 3.21. The Bertz CT molecular complexity index is 878. The van der Waals surface area contributed by atoms with Crippen LogP contribution in [-0.4, -0.2) is 42.1 Å². The summed E-state index contributed by atoms with van der Waals surface area (Å²) in [6.45, 7) is 7.57. The zero-order valence-corrected chi connectivity index (χ0v) is 16.6. The molecule has 1 aromatic carbocycles. The van der Waals surface area contributed by atoms with Crippen LogP contribution in [0, 0.1) is 25.7 Å². The van der Waals surface area contributed by atoms with Gasteiger partial charge in [0.15, 0.2) is 0 Å². The first kappa shape index (κ1) is 18.0. The van der Waals surface area contributed by atoms with Crippen LogP contribution < -0.4 is 5.32 Å². The highest BCUT2D eigenvalue weighted by atomic mass is 16.5. The van der Waals surface area contributed by atoms with E-state index < -0.39 is 0 Å². The molecule has 4 atom stereocenters. The highest BCUT2D eigenvalue weighted by Gasteiger charge is 2.62. The van der Waals surface area contributed by atoms with Gasteiger partial charge in [-0.1, -0.05) is 12.1 Å². The molecular weight excluding hydrogens is 352 g/mol. The number of fused-ring (bicyclic) bond motifs is 1. The molecule has 4 heterocycles. The fourth-order valence-corrected chi connectivity index (χ4v) is 5.61.